The third-order valence-electron chi connectivity index (χ3n) is 3.94. The average molecular weight is 305 g/mol. The molecular formula is C16H21ClN4. The van der Waals surface area contributed by atoms with Crippen molar-refractivity contribution in [2.24, 2.45) is 0 Å². The highest BCUT2D eigenvalue weighted by atomic mass is 35.5. The number of aromatic nitrogens is 2. The van der Waals surface area contributed by atoms with Crippen molar-refractivity contribution in [3.8, 4) is 5.69 Å². The molecule has 1 aliphatic heterocycles. The molecule has 1 aliphatic rings. The number of piperazine rings is 1. The average Bonchev–Trinajstić information content (AvgIpc) is 2.81. The molecule has 2 heterocycles. The van der Waals surface area contributed by atoms with E-state index in [-0.39, 0.29) is 0 Å². The van der Waals surface area contributed by atoms with E-state index in [0.717, 1.165) is 42.6 Å². The van der Waals surface area contributed by atoms with Gasteiger partial charge in [0.1, 0.15) is 0 Å². The van der Waals surface area contributed by atoms with Gasteiger partial charge < -0.3 is 5.32 Å². The van der Waals surface area contributed by atoms with E-state index in [9.17, 15) is 0 Å². The minimum atomic E-state index is 0.561. The van der Waals surface area contributed by atoms with Crippen molar-refractivity contribution in [3.05, 3.63) is 46.7 Å². The van der Waals surface area contributed by atoms with Crippen LogP contribution in [0.4, 0.5) is 0 Å². The Kier molecular flexibility index (Phi) is 4.29. The summed E-state index contributed by atoms with van der Waals surface area (Å²) in [7, 11) is 0. The summed E-state index contributed by atoms with van der Waals surface area (Å²) in [6.07, 6.45) is 2.13. The number of rotatable bonds is 3. The van der Waals surface area contributed by atoms with E-state index in [1.807, 2.05) is 28.9 Å². The maximum atomic E-state index is 5.94. The van der Waals surface area contributed by atoms with Crippen LogP contribution in [-0.2, 0) is 6.54 Å². The van der Waals surface area contributed by atoms with Gasteiger partial charge in [-0.25, -0.2) is 4.68 Å². The molecule has 0 unspecified atom stereocenters. The van der Waals surface area contributed by atoms with Crippen LogP contribution < -0.4 is 5.32 Å². The third kappa shape index (κ3) is 3.46. The van der Waals surface area contributed by atoms with Crippen LogP contribution in [-0.4, -0.2) is 40.4 Å². The van der Waals surface area contributed by atoms with Gasteiger partial charge in [0, 0.05) is 49.0 Å². The third-order valence-corrected chi connectivity index (χ3v) is 4.19. The second kappa shape index (κ2) is 6.18. The molecule has 4 nitrogen and oxygen atoms in total. The number of nitrogens with one attached hydrogen (secondary N) is 1. The first kappa shape index (κ1) is 14.6. The van der Waals surface area contributed by atoms with Gasteiger partial charge in [0.25, 0.3) is 0 Å². The summed E-state index contributed by atoms with van der Waals surface area (Å²) in [5, 5.41) is 8.85. The zero-order chi connectivity index (χ0) is 14.8. The van der Waals surface area contributed by atoms with Crippen LogP contribution in [0, 0.1) is 6.92 Å². The zero-order valence-electron chi connectivity index (χ0n) is 12.5. The molecule has 1 fully saturated rings. The monoisotopic (exact) mass is 304 g/mol. The van der Waals surface area contributed by atoms with Crippen molar-refractivity contribution in [1.82, 2.24) is 20.0 Å². The molecule has 5 heteroatoms. The van der Waals surface area contributed by atoms with Gasteiger partial charge in [-0.3, -0.25) is 4.90 Å². The summed E-state index contributed by atoms with van der Waals surface area (Å²) in [4.78, 5) is 2.48. The standard InChI is InChI=1S/C16H21ClN4/c1-12-9-20(8-7-18-12)10-14-11-21(19-13(14)2)16-5-3-15(17)4-6-16/h3-6,11-12,18H,7-10H2,1-2H3/t12-/m1/s1. The van der Waals surface area contributed by atoms with Crippen LogP contribution in [0.15, 0.2) is 30.5 Å². The van der Waals surface area contributed by atoms with Crippen molar-refractivity contribution < 1.29 is 0 Å². The molecule has 1 atom stereocenters. The molecule has 2 aromatic rings. The fourth-order valence-electron chi connectivity index (χ4n) is 2.77. The van der Waals surface area contributed by atoms with Crippen LogP contribution in [0.3, 0.4) is 0 Å². The van der Waals surface area contributed by atoms with E-state index in [2.05, 4.69) is 35.4 Å². The van der Waals surface area contributed by atoms with Crippen molar-refractivity contribution in [2.75, 3.05) is 19.6 Å². The molecule has 1 N–H and O–H groups in total. The highest BCUT2D eigenvalue weighted by molar-refractivity contribution is 6.30. The number of nitrogens with zero attached hydrogens (tertiary/aromatic N) is 3. The lowest BCUT2D eigenvalue weighted by atomic mass is 10.2. The van der Waals surface area contributed by atoms with Crippen LogP contribution in [0.1, 0.15) is 18.2 Å². The lowest BCUT2D eigenvalue weighted by molar-refractivity contribution is 0.199. The summed E-state index contributed by atoms with van der Waals surface area (Å²) in [5.74, 6) is 0. The smallest absolute Gasteiger partial charge is 0.0646 e. The summed E-state index contributed by atoms with van der Waals surface area (Å²) in [6.45, 7) is 8.52. The van der Waals surface area contributed by atoms with E-state index >= 15 is 0 Å². The van der Waals surface area contributed by atoms with Crippen LogP contribution in [0.5, 0.6) is 0 Å². The second-order valence-corrected chi connectivity index (χ2v) is 6.19. The van der Waals surface area contributed by atoms with Crippen molar-refractivity contribution >= 4 is 11.6 Å². The van der Waals surface area contributed by atoms with E-state index in [1.165, 1.54) is 5.56 Å². The molecule has 0 spiro atoms. The molecule has 0 radical (unpaired) electrons. The van der Waals surface area contributed by atoms with E-state index in [4.69, 9.17) is 11.6 Å². The van der Waals surface area contributed by atoms with Gasteiger partial charge in [0.2, 0.25) is 0 Å². The summed E-state index contributed by atoms with van der Waals surface area (Å²) in [5.41, 5.74) is 3.43. The molecule has 1 aromatic heterocycles. The van der Waals surface area contributed by atoms with Crippen molar-refractivity contribution in [1.29, 1.82) is 0 Å². The van der Waals surface area contributed by atoms with E-state index in [1.54, 1.807) is 0 Å². The number of hydrogen-bond acceptors (Lipinski definition) is 3. The Bertz CT molecular complexity index is 605. The van der Waals surface area contributed by atoms with E-state index < -0.39 is 0 Å². The first-order valence-corrected chi connectivity index (χ1v) is 7.76. The first-order valence-electron chi connectivity index (χ1n) is 7.38. The van der Waals surface area contributed by atoms with Gasteiger partial charge >= 0.3 is 0 Å². The Morgan fingerprint density at radius 2 is 2.10 bits per heavy atom. The summed E-state index contributed by atoms with van der Waals surface area (Å²) in [6, 6.07) is 8.33. The normalized spacial score (nSPS) is 19.9. The number of hydrogen-bond donors (Lipinski definition) is 1. The minimum absolute atomic E-state index is 0.561. The van der Waals surface area contributed by atoms with Crippen molar-refractivity contribution in [3.63, 3.8) is 0 Å². The predicted molar refractivity (Wildman–Crippen MR) is 86.1 cm³/mol. The van der Waals surface area contributed by atoms with Crippen LogP contribution in [0.25, 0.3) is 5.69 Å². The molecular weight excluding hydrogens is 284 g/mol. The molecule has 0 aliphatic carbocycles. The Hall–Kier alpha value is -1.36. The Morgan fingerprint density at radius 1 is 1.33 bits per heavy atom. The van der Waals surface area contributed by atoms with Gasteiger partial charge in [-0.15, -0.1) is 0 Å². The van der Waals surface area contributed by atoms with Crippen molar-refractivity contribution in [2.45, 2.75) is 26.4 Å². The molecule has 0 amide bonds. The zero-order valence-corrected chi connectivity index (χ0v) is 13.3. The Labute approximate surface area is 130 Å². The fraction of sp³-hybridized carbons (Fsp3) is 0.438. The minimum Gasteiger partial charge on any atom is -0.312 e. The Balaban J connectivity index is 1.76. The number of aryl methyl sites for hydroxylation is 1. The summed E-state index contributed by atoms with van der Waals surface area (Å²) >= 11 is 5.94. The van der Waals surface area contributed by atoms with E-state index in [0.29, 0.717) is 6.04 Å². The SMILES string of the molecule is Cc1nn(-c2ccc(Cl)cc2)cc1CN1CCN[C@H](C)C1. The van der Waals surface area contributed by atoms with Gasteiger partial charge in [0.15, 0.2) is 0 Å². The van der Waals surface area contributed by atoms with Gasteiger partial charge in [-0.05, 0) is 38.1 Å². The predicted octanol–water partition coefficient (Wildman–Crippen LogP) is 2.63. The fourth-order valence-corrected chi connectivity index (χ4v) is 2.90. The topological polar surface area (TPSA) is 33.1 Å². The van der Waals surface area contributed by atoms with Gasteiger partial charge in [-0.1, -0.05) is 11.6 Å². The first-order chi connectivity index (χ1) is 10.1. The number of halogens is 1. The molecule has 0 bridgehead atoms. The molecule has 3 rings (SSSR count). The molecule has 0 saturated carbocycles. The molecule has 21 heavy (non-hydrogen) atoms. The molecule has 1 aromatic carbocycles. The van der Waals surface area contributed by atoms with Gasteiger partial charge in [0.05, 0.1) is 11.4 Å². The molecule has 1 saturated heterocycles. The number of benzene rings is 1. The maximum Gasteiger partial charge on any atom is 0.0646 e. The highest BCUT2D eigenvalue weighted by Gasteiger charge is 2.17. The second-order valence-electron chi connectivity index (χ2n) is 5.75. The van der Waals surface area contributed by atoms with Crippen LogP contribution >= 0.6 is 11.6 Å². The highest BCUT2D eigenvalue weighted by Crippen LogP contribution is 2.17. The molecule has 112 valence electrons. The lowest BCUT2D eigenvalue weighted by Crippen LogP contribution is -2.48. The maximum absolute atomic E-state index is 5.94. The largest absolute Gasteiger partial charge is 0.312 e. The summed E-state index contributed by atoms with van der Waals surface area (Å²) < 4.78 is 1.94. The van der Waals surface area contributed by atoms with Gasteiger partial charge in [-0.2, -0.15) is 5.10 Å². The van der Waals surface area contributed by atoms with Crippen LogP contribution in [0.2, 0.25) is 5.02 Å². The lowest BCUT2D eigenvalue weighted by Gasteiger charge is -2.31. The quantitative estimate of drug-likeness (QED) is 0.946. The Morgan fingerprint density at radius 3 is 2.81 bits per heavy atom.